The molecule has 0 aliphatic heterocycles. The molecular formula is C13H19N5O3S. The molecule has 0 saturated heterocycles. The fraction of sp³-hybridized carbons (Fsp3) is 0.462. The molecule has 120 valence electrons. The normalized spacial score (nSPS) is 13.2. The van der Waals surface area contributed by atoms with Crippen LogP contribution in [0.1, 0.15) is 19.2 Å². The predicted molar refractivity (Wildman–Crippen MR) is 81.2 cm³/mol. The monoisotopic (exact) mass is 325 g/mol. The Morgan fingerprint density at radius 1 is 1.36 bits per heavy atom. The van der Waals surface area contributed by atoms with E-state index in [1.807, 2.05) is 6.92 Å². The van der Waals surface area contributed by atoms with Crippen LogP contribution in [0.25, 0.3) is 11.4 Å². The smallest absolute Gasteiger partial charge is 0.209 e. The Balaban J connectivity index is 2.30. The van der Waals surface area contributed by atoms with E-state index in [-0.39, 0.29) is 13.1 Å². The minimum absolute atomic E-state index is 0.0212. The number of aliphatic hydroxyl groups excluding tert-OH is 1. The molecule has 0 radical (unpaired) electrons. The number of nitrogens with zero attached hydrogens (tertiary/aromatic N) is 4. The van der Waals surface area contributed by atoms with Crippen LogP contribution in [0.3, 0.4) is 0 Å². The van der Waals surface area contributed by atoms with Crippen LogP contribution >= 0.6 is 0 Å². The van der Waals surface area contributed by atoms with Crippen LogP contribution in [-0.4, -0.2) is 45.6 Å². The van der Waals surface area contributed by atoms with E-state index in [2.05, 4.69) is 19.8 Å². The summed E-state index contributed by atoms with van der Waals surface area (Å²) in [7, 11) is -3.33. The maximum Gasteiger partial charge on any atom is 0.209 e. The molecule has 1 atom stereocenters. The van der Waals surface area contributed by atoms with Gasteiger partial charge in [-0.1, -0.05) is 6.92 Å². The quantitative estimate of drug-likeness (QED) is 0.750. The summed E-state index contributed by atoms with van der Waals surface area (Å²) in [5.41, 5.74) is 0.778. The third-order valence-electron chi connectivity index (χ3n) is 3.03. The van der Waals surface area contributed by atoms with Crippen LogP contribution in [0.4, 0.5) is 0 Å². The summed E-state index contributed by atoms with van der Waals surface area (Å²) in [5, 5.41) is 14.2. The van der Waals surface area contributed by atoms with Crippen molar-refractivity contribution in [3.05, 3.63) is 30.4 Å². The molecule has 2 heterocycles. The van der Waals surface area contributed by atoms with Crippen molar-refractivity contribution in [3.8, 4) is 11.4 Å². The molecule has 0 aliphatic carbocycles. The highest BCUT2D eigenvalue weighted by molar-refractivity contribution is 7.88. The summed E-state index contributed by atoms with van der Waals surface area (Å²) in [4.78, 5) is 8.29. The molecule has 0 saturated carbocycles. The van der Waals surface area contributed by atoms with Gasteiger partial charge in [0, 0.05) is 18.0 Å². The minimum atomic E-state index is -3.33. The Hall–Kier alpha value is -1.84. The fourth-order valence-electron chi connectivity index (χ4n) is 1.80. The number of hydrogen-bond acceptors (Lipinski definition) is 6. The van der Waals surface area contributed by atoms with E-state index in [1.54, 1.807) is 24.5 Å². The first-order chi connectivity index (χ1) is 10.4. The minimum Gasteiger partial charge on any atom is -0.391 e. The number of pyridine rings is 1. The van der Waals surface area contributed by atoms with Gasteiger partial charge in [-0.3, -0.25) is 4.98 Å². The van der Waals surface area contributed by atoms with Crippen molar-refractivity contribution in [1.82, 2.24) is 24.5 Å². The van der Waals surface area contributed by atoms with E-state index in [0.29, 0.717) is 18.1 Å². The van der Waals surface area contributed by atoms with Crippen LogP contribution in [0.15, 0.2) is 24.5 Å². The Morgan fingerprint density at radius 2 is 2.05 bits per heavy atom. The van der Waals surface area contributed by atoms with Crippen molar-refractivity contribution in [1.29, 1.82) is 0 Å². The van der Waals surface area contributed by atoms with Crippen molar-refractivity contribution in [2.45, 2.75) is 32.5 Å². The predicted octanol–water partition coefficient (Wildman–Crippen LogP) is 0.160. The van der Waals surface area contributed by atoms with Gasteiger partial charge in [-0.05, 0) is 18.6 Å². The van der Waals surface area contributed by atoms with E-state index < -0.39 is 16.1 Å². The third kappa shape index (κ3) is 4.58. The summed E-state index contributed by atoms with van der Waals surface area (Å²) in [6.45, 7) is 2.14. The Labute approximate surface area is 129 Å². The molecule has 0 bridgehead atoms. The molecule has 0 fully saturated rings. The highest BCUT2D eigenvalue weighted by Crippen LogP contribution is 2.15. The number of aliphatic hydroxyl groups is 1. The fourth-order valence-corrected chi connectivity index (χ4v) is 2.19. The first-order valence-corrected chi connectivity index (χ1v) is 8.75. The van der Waals surface area contributed by atoms with Gasteiger partial charge in [0.2, 0.25) is 10.0 Å². The summed E-state index contributed by atoms with van der Waals surface area (Å²) in [6, 6.07) is 3.54. The standard InChI is InChI=1S/C13H19N5O3S/c1-3-11(19)9-18-12(8-15-22(2,20)21)16-13(17-18)10-4-6-14-7-5-10/h4-7,11,15,19H,3,8-9H2,1-2H3/t11-/m1/s1. The molecule has 0 spiro atoms. The first kappa shape index (κ1) is 16.5. The van der Waals surface area contributed by atoms with Crippen molar-refractivity contribution in [3.63, 3.8) is 0 Å². The molecule has 22 heavy (non-hydrogen) atoms. The Morgan fingerprint density at radius 3 is 2.64 bits per heavy atom. The van der Waals surface area contributed by atoms with Crippen LogP contribution in [0, 0.1) is 0 Å². The molecule has 2 N–H and O–H groups in total. The van der Waals surface area contributed by atoms with Gasteiger partial charge in [0.05, 0.1) is 25.4 Å². The molecule has 9 heteroatoms. The van der Waals surface area contributed by atoms with Crippen molar-refractivity contribution >= 4 is 10.0 Å². The van der Waals surface area contributed by atoms with Crippen molar-refractivity contribution < 1.29 is 13.5 Å². The first-order valence-electron chi connectivity index (χ1n) is 6.86. The largest absolute Gasteiger partial charge is 0.391 e. The molecule has 0 aliphatic rings. The lowest BCUT2D eigenvalue weighted by molar-refractivity contribution is 0.144. The third-order valence-corrected chi connectivity index (χ3v) is 3.70. The highest BCUT2D eigenvalue weighted by Gasteiger charge is 2.15. The topological polar surface area (TPSA) is 110 Å². The van der Waals surface area contributed by atoms with Gasteiger partial charge in [0.15, 0.2) is 5.82 Å². The van der Waals surface area contributed by atoms with Crippen molar-refractivity contribution in [2.75, 3.05) is 6.26 Å². The summed E-state index contributed by atoms with van der Waals surface area (Å²) < 4.78 is 26.4. The molecule has 2 aromatic rings. The average molecular weight is 325 g/mol. The Kier molecular flexibility index (Phi) is 5.22. The van der Waals surface area contributed by atoms with E-state index in [4.69, 9.17) is 0 Å². The van der Waals surface area contributed by atoms with Gasteiger partial charge in [-0.15, -0.1) is 0 Å². The lowest BCUT2D eigenvalue weighted by atomic mass is 10.2. The zero-order valence-electron chi connectivity index (χ0n) is 12.5. The number of aromatic nitrogens is 4. The van der Waals surface area contributed by atoms with Gasteiger partial charge in [-0.2, -0.15) is 5.10 Å². The number of rotatable bonds is 7. The van der Waals surface area contributed by atoms with Crippen LogP contribution in [0.2, 0.25) is 0 Å². The molecule has 2 rings (SSSR count). The highest BCUT2D eigenvalue weighted by atomic mass is 32.2. The lowest BCUT2D eigenvalue weighted by Gasteiger charge is -2.10. The van der Waals surface area contributed by atoms with Gasteiger partial charge in [0.25, 0.3) is 0 Å². The summed E-state index contributed by atoms with van der Waals surface area (Å²) >= 11 is 0. The second-order valence-corrected chi connectivity index (χ2v) is 6.76. The van der Waals surface area contributed by atoms with Gasteiger partial charge in [-0.25, -0.2) is 22.8 Å². The second-order valence-electron chi connectivity index (χ2n) is 4.92. The number of hydrogen-bond donors (Lipinski definition) is 2. The lowest BCUT2D eigenvalue weighted by Crippen LogP contribution is -2.25. The van der Waals surface area contributed by atoms with Crippen molar-refractivity contribution in [2.24, 2.45) is 0 Å². The van der Waals surface area contributed by atoms with E-state index in [1.165, 1.54) is 4.68 Å². The van der Waals surface area contributed by atoms with Crippen LogP contribution in [-0.2, 0) is 23.1 Å². The number of sulfonamides is 1. The van der Waals surface area contributed by atoms with Crippen LogP contribution < -0.4 is 4.72 Å². The van der Waals surface area contributed by atoms with E-state index >= 15 is 0 Å². The molecule has 8 nitrogen and oxygen atoms in total. The average Bonchev–Trinajstić information content (AvgIpc) is 2.88. The zero-order chi connectivity index (χ0) is 16.2. The molecule has 0 amide bonds. The van der Waals surface area contributed by atoms with E-state index in [0.717, 1.165) is 11.8 Å². The van der Waals surface area contributed by atoms with Gasteiger partial charge < -0.3 is 5.11 Å². The SMILES string of the molecule is CC[C@@H](O)Cn1nc(-c2ccncc2)nc1CNS(C)(=O)=O. The molecule has 0 unspecified atom stereocenters. The summed E-state index contributed by atoms with van der Waals surface area (Å²) in [6.07, 6.45) is 4.35. The summed E-state index contributed by atoms with van der Waals surface area (Å²) in [5.74, 6) is 0.917. The maximum absolute atomic E-state index is 11.2. The second kappa shape index (κ2) is 6.95. The number of nitrogens with one attached hydrogen (secondary N) is 1. The molecule has 2 aromatic heterocycles. The van der Waals surface area contributed by atoms with Crippen LogP contribution in [0.5, 0.6) is 0 Å². The molecular weight excluding hydrogens is 306 g/mol. The van der Waals surface area contributed by atoms with Gasteiger partial charge >= 0.3 is 0 Å². The molecule has 0 aromatic carbocycles. The van der Waals surface area contributed by atoms with Gasteiger partial charge in [0.1, 0.15) is 5.82 Å². The van der Waals surface area contributed by atoms with E-state index in [9.17, 15) is 13.5 Å². The Bertz CT molecular complexity index is 715. The zero-order valence-corrected chi connectivity index (χ0v) is 13.3. The maximum atomic E-state index is 11.2.